The van der Waals surface area contributed by atoms with Crippen molar-refractivity contribution in [3.63, 3.8) is 0 Å². The molecule has 0 radical (unpaired) electrons. The van der Waals surface area contributed by atoms with Crippen molar-refractivity contribution in [3.05, 3.63) is 0 Å². The summed E-state index contributed by atoms with van der Waals surface area (Å²) in [6, 6.07) is 0.737. The van der Waals surface area contributed by atoms with Crippen molar-refractivity contribution in [3.8, 4) is 0 Å². The van der Waals surface area contributed by atoms with Crippen LogP contribution < -0.4 is 5.32 Å². The van der Waals surface area contributed by atoms with E-state index in [2.05, 4.69) is 10.2 Å². The minimum Gasteiger partial charge on any atom is -0.392 e. The maximum atomic E-state index is 9.38. The van der Waals surface area contributed by atoms with E-state index in [1.807, 2.05) is 0 Å². The zero-order valence-electron chi connectivity index (χ0n) is 9.73. The smallest absolute Gasteiger partial charge is 0.0679 e. The number of aliphatic hydroxyl groups is 1. The Balaban J connectivity index is 0.00000112. The summed E-state index contributed by atoms with van der Waals surface area (Å²) in [5.74, 6) is 0. The SMILES string of the molecule is Cl.Cl.OC1CCN(CCC2CCCCN2)C1. The van der Waals surface area contributed by atoms with Crippen molar-refractivity contribution in [2.45, 2.75) is 44.2 Å². The van der Waals surface area contributed by atoms with Crippen molar-refractivity contribution >= 4 is 24.8 Å². The van der Waals surface area contributed by atoms with Gasteiger partial charge in [-0.15, -0.1) is 24.8 Å². The molecule has 98 valence electrons. The van der Waals surface area contributed by atoms with Gasteiger partial charge in [-0.05, 0) is 38.8 Å². The number of halogens is 2. The third-order valence-electron chi connectivity index (χ3n) is 3.45. The monoisotopic (exact) mass is 270 g/mol. The van der Waals surface area contributed by atoms with Crippen LogP contribution in [-0.2, 0) is 0 Å². The van der Waals surface area contributed by atoms with Gasteiger partial charge < -0.3 is 15.3 Å². The molecule has 2 saturated heterocycles. The highest BCUT2D eigenvalue weighted by molar-refractivity contribution is 5.85. The topological polar surface area (TPSA) is 35.5 Å². The summed E-state index contributed by atoms with van der Waals surface area (Å²) in [5.41, 5.74) is 0. The van der Waals surface area contributed by atoms with Crippen molar-refractivity contribution in [2.75, 3.05) is 26.2 Å². The zero-order valence-corrected chi connectivity index (χ0v) is 11.4. The van der Waals surface area contributed by atoms with Crippen LogP contribution in [0.2, 0.25) is 0 Å². The van der Waals surface area contributed by atoms with Gasteiger partial charge in [-0.2, -0.15) is 0 Å². The molecule has 0 bridgehead atoms. The summed E-state index contributed by atoms with van der Waals surface area (Å²) in [6.07, 6.45) is 6.25. The molecule has 0 aromatic rings. The molecule has 16 heavy (non-hydrogen) atoms. The van der Waals surface area contributed by atoms with Crippen LogP contribution in [-0.4, -0.2) is 48.3 Å². The normalized spacial score (nSPS) is 30.6. The maximum Gasteiger partial charge on any atom is 0.0679 e. The first kappa shape index (κ1) is 16.5. The van der Waals surface area contributed by atoms with Gasteiger partial charge in [0.2, 0.25) is 0 Å². The molecule has 5 heteroatoms. The van der Waals surface area contributed by atoms with E-state index < -0.39 is 0 Å². The Bertz CT molecular complexity index is 173. The summed E-state index contributed by atoms with van der Waals surface area (Å²) in [7, 11) is 0. The van der Waals surface area contributed by atoms with E-state index in [-0.39, 0.29) is 30.9 Å². The first-order valence-electron chi connectivity index (χ1n) is 5.98. The predicted octanol–water partition coefficient (Wildman–Crippen LogP) is 1.43. The van der Waals surface area contributed by atoms with Crippen LogP contribution in [0.15, 0.2) is 0 Å². The molecular weight excluding hydrogens is 247 g/mol. The van der Waals surface area contributed by atoms with Crippen molar-refractivity contribution < 1.29 is 5.11 Å². The number of piperidine rings is 1. The van der Waals surface area contributed by atoms with E-state index in [0.29, 0.717) is 0 Å². The number of hydrogen-bond acceptors (Lipinski definition) is 3. The highest BCUT2D eigenvalue weighted by Crippen LogP contribution is 2.13. The number of likely N-dealkylation sites (tertiary alicyclic amines) is 1. The Morgan fingerprint density at radius 3 is 2.56 bits per heavy atom. The molecule has 0 amide bonds. The number of rotatable bonds is 3. The van der Waals surface area contributed by atoms with Gasteiger partial charge in [-0.1, -0.05) is 6.42 Å². The van der Waals surface area contributed by atoms with Crippen LogP contribution in [0.4, 0.5) is 0 Å². The van der Waals surface area contributed by atoms with Gasteiger partial charge in [0, 0.05) is 19.1 Å². The Hall–Kier alpha value is 0.460. The van der Waals surface area contributed by atoms with E-state index in [1.165, 1.54) is 32.2 Å². The predicted molar refractivity (Wildman–Crippen MR) is 71.8 cm³/mol. The number of aliphatic hydroxyl groups excluding tert-OH is 1. The summed E-state index contributed by atoms with van der Waals surface area (Å²) >= 11 is 0. The fraction of sp³-hybridized carbons (Fsp3) is 1.00. The van der Waals surface area contributed by atoms with Gasteiger partial charge in [0.05, 0.1) is 6.10 Å². The lowest BCUT2D eigenvalue weighted by Crippen LogP contribution is -2.37. The third kappa shape index (κ3) is 5.19. The van der Waals surface area contributed by atoms with Crippen LogP contribution >= 0.6 is 24.8 Å². The Morgan fingerprint density at radius 1 is 1.19 bits per heavy atom. The van der Waals surface area contributed by atoms with Gasteiger partial charge in [0.1, 0.15) is 0 Å². The van der Waals surface area contributed by atoms with Gasteiger partial charge in [0.15, 0.2) is 0 Å². The zero-order chi connectivity index (χ0) is 9.80. The molecule has 2 atom stereocenters. The molecule has 0 aromatic carbocycles. The Labute approximate surface area is 111 Å². The van der Waals surface area contributed by atoms with E-state index in [1.54, 1.807) is 0 Å². The van der Waals surface area contributed by atoms with Gasteiger partial charge in [0.25, 0.3) is 0 Å². The lowest BCUT2D eigenvalue weighted by Gasteiger charge is -2.25. The molecule has 0 aromatic heterocycles. The second-order valence-electron chi connectivity index (χ2n) is 4.68. The highest BCUT2D eigenvalue weighted by atomic mass is 35.5. The maximum absolute atomic E-state index is 9.38. The first-order chi connectivity index (χ1) is 6.84. The van der Waals surface area contributed by atoms with Crippen LogP contribution in [0.5, 0.6) is 0 Å². The Kier molecular flexibility index (Phi) is 8.78. The average molecular weight is 271 g/mol. The molecule has 2 aliphatic rings. The molecule has 0 spiro atoms. The molecule has 2 aliphatic heterocycles. The minimum atomic E-state index is -0.0608. The first-order valence-corrected chi connectivity index (χ1v) is 5.98. The van der Waals surface area contributed by atoms with Gasteiger partial charge in [-0.3, -0.25) is 0 Å². The lowest BCUT2D eigenvalue weighted by molar-refractivity contribution is 0.174. The molecule has 2 fully saturated rings. The third-order valence-corrected chi connectivity index (χ3v) is 3.45. The van der Waals surface area contributed by atoms with Crippen molar-refractivity contribution in [1.82, 2.24) is 10.2 Å². The number of hydrogen-bond donors (Lipinski definition) is 2. The van der Waals surface area contributed by atoms with E-state index in [0.717, 1.165) is 32.1 Å². The average Bonchev–Trinajstić information content (AvgIpc) is 2.63. The molecule has 0 saturated carbocycles. The fourth-order valence-corrected chi connectivity index (χ4v) is 2.52. The standard InChI is InChI=1S/C11H22N2O.2ClH/c14-11-5-8-13(9-11)7-4-10-3-1-2-6-12-10;;/h10-12,14H,1-9H2;2*1H. The quantitative estimate of drug-likeness (QED) is 0.815. The molecule has 0 aliphatic carbocycles. The van der Waals surface area contributed by atoms with Crippen molar-refractivity contribution in [1.29, 1.82) is 0 Å². The van der Waals surface area contributed by atoms with E-state index in [4.69, 9.17) is 0 Å². The molecule has 2 N–H and O–H groups in total. The molecule has 2 rings (SSSR count). The molecule has 2 heterocycles. The number of nitrogens with zero attached hydrogens (tertiary/aromatic N) is 1. The van der Waals surface area contributed by atoms with Gasteiger partial charge >= 0.3 is 0 Å². The second kappa shape index (κ2) is 8.54. The summed E-state index contributed by atoms with van der Waals surface area (Å²) in [6.45, 7) is 4.35. The number of nitrogens with one attached hydrogen (secondary N) is 1. The summed E-state index contributed by atoms with van der Waals surface area (Å²) in [4.78, 5) is 2.39. The lowest BCUT2D eigenvalue weighted by atomic mass is 10.0. The molecular formula is C11H24Cl2N2O. The summed E-state index contributed by atoms with van der Waals surface area (Å²) in [5, 5.41) is 12.9. The van der Waals surface area contributed by atoms with Crippen molar-refractivity contribution in [2.24, 2.45) is 0 Å². The van der Waals surface area contributed by atoms with Crippen LogP contribution in [0, 0.1) is 0 Å². The fourth-order valence-electron chi connectivity index (χ4n) is 2.52. The summed E-state index contributed by atoms with van der Waals surface area (Å²) < 4.78 is 0. The number of β-amino-alcohol motifs (C(OH)–C–C–N with tert-alkyl or cyclic N) is 1. The highest BCUT2D eigenvalue weighted by Gasteiger charge is 2.21. The van der Waals surface area contributed by atoms with Crippen LogP contribution in [0.25, 0.3) is 0 Å². The van der Waals surface area contributed by atoms with Gasteiger partial charge in [-0.25, -0.2) is 0 Å². The molecule has 2 unspecified atom stereocenters. The molecule has 3 nitrogen and oxygen atoms in total. The van der Waals surface area contributed by atoms with Crippen LogP contribution in [0.3, 0.4) is 0 Å². The minimum absolute atomic E-state index is 0. The largest absolute Gasteiger partial charge is 0.392 e. The van der Waals surface area contributed by atoms with Crippen LogP contribution in [0.1, 0.15) is 32.1 Å². The Morgan fingerprint density at radius 2 is 2.00 bits per heavy atom. The van der Waals surface area contributed by atoms with E-state index in [9.17, 15) is 5.11 Å². The second-order valence-corrected chi connectivity index (χ2v) is 4.68. The van der Waals surface area contributed by atoms with E-state index >= 15 is 0 Å².